The molecule has 0 saturated carbocycles. The van der Waals surface area contributed by atoms with E-state index >= 15 is 0 Å². The molecule has 0 bridgehead atoms. The van der Waals surface area contributed by atoms with Gasteiger partial charge in [0.05, 0.1) is 6.61 Å². The molecule has 4 nitrogen and oxygen atoms in total. The van der Waals surface area contributed by atoms with E-state index < -0.39 is 0 Å². The highest BCUT2D eigenvalue weighted by Crippen LogP contribution is 2.05. The van der Waals surface area contributed by atoms with Gasteiger partial charge in [-0.3, -0.25) is 4.79 Å². The van der Waals surface area contributed by atoms with Crippen molar-refractivity contribution in [1.82, 2.24) is 10.6 Å². The van der Waals surface area contributed by atoms with Crippen molar-refractivity contribution in [3.8, 4) is 0 Å². The molecule has 1 aliphatic rings. The van der Waals surface area contributed by atoms with Crippen LogP contribution < -0.4 is 10.6 Å². The predicted molar refractivity (Wildman–Crippen MR) is 58.8 cm³/mol. The number of hydrogen-bond acceptors (Lipinski definition) is 4. The summed E-state index contributed by atoms with van der Waals surface area (Å²) in [5.41, 5.74) is 1.14. The van der Waals surface area contributed by atoms with E-state index in [9.17, 15) is 4.79 Å². The predicted octanol–water partition coefficient (Wildman–Crippen LogP) is 0.353. The van der Waals surface area contributed by atoms with Crippen LogP contribution in [0, 0.1) is 0 Å². The summed E-state index contributed by atoms with van der Waals surface area (Å²) in [6.45, 7) is 2.63. The molecule has 1 saturated heterocycles. The van der Waals surface area contributed by atoms with E-state index in [2.05, 4.69) is 10.6 Å². The summed E-state index contributed by atoms with van der Waals surface area (Å²) < 4.78 is 5.34. The van der Waals surface area contributed by atoms with Gasteiger partial charge in [-0.2, -0.15) is 11.3 Å². The number of carbonyl (C=O) groups excluding carboxylic acids is 1. The second-order valence-electron chi connectivity index (χ2n) is 3.41. The minimum atomic E-state index is -0.336. The van der Waals surface area contributed by atoms with E-state index in [4.69, 9.17) is 4.74 Å². The number of morpholine rings is 1. The highest BCUT2D eigenvalue weighted by Gasteiger charge is 2.20. The Hall–Kier alpha value is -0.910. The van der Waals surface area contributed by atoms with Crippen molar-refractivity contribution < 1.29 is 9.53 Å². The van der Waals surface area contributed by atoms with Crippen molar-refractivity contribution in [1.29, 1.82) is 0 Å². The van der Waals surface area contributed by atoms with Crippen molar-refractivity contribution in [3.05, 3.63) is 22.4 Å². The average Bonchev–Trinajstić information content (AvgIpc) is 2.80. The van der Waals surface area contributed by atoms with Gasteiger partial charge in [0.2, 0.25) is 0 Å². The van der Waals surface area contributed by atoms with Crippen LogP contribution in [0.25, 0.3) is 0 Å². The summed E-state index contributed by atoms with van der Waals surface area (Å²) >= 11 is 1.63. The molecule has 0 aliphatic carbocycles. The second-order valence-corrected chi connectivity index (χ2v) is 4.19. The zero-order chi connectivity index (χ0) is 10.5. The zero-order valence-corrected chi connectivity index (χ0v) is 9.18. The van der Waals surface area contributed by atoms with Crippen LogP contribution >= 0.6 is 11.3 Å². The molecule has 1 atom stereocenters. The number of amides is 1. The van der Waals surface area contributed by atoms with Crippen molar-refractivity contribution in [2.24, 2.45) is 0 Å². The smallest absolute Gasteiger partial charge is 0.250 e. The Morgan fingerprint density at radius 3 is 3.33 bits per heavy atom. The molecular weight excluding hydrogens is 212 g/mol. The Labute approximate surface area is 92.6 Å². The number of thiophene rings is 1. The molecule has 1 fully saturated rings. The van der Waals surface area contributed by atoms with Crippen LogP contribution in [-0.4, -0.2) is 31.7 Å². The van der Waals surface area contributed by atoms with Crippen molar-refractivity contribution in [2.75, 3.05) is 19.7 Å². The Morgan fingerprint density at radius 1 is 1.73 bits per heavy atom. The minimum Gasteiger partial charge on any atom is -0.366 e. The summed E-state index contributed by atoms with van der Waals surface area (Å²) in [7, 11) is 0. The molecule has 15 heavy (non-hydrogen) atoms. The van der Waals surface area contributed by atoms with Gasteiger partial charge in [0, 0.05) is 19.6 Å². The lowest BCUT2D eigenvalue weighted by Crippen LogP contribution is -2.47. The van der Waals surface area contributed by atoms with E-state index in [1.807, 2.05) is 16.8 Å². The molecule has 1 amide bonds. The van der Waals surface area contributed by atoms with Crippen LogP contribution in [0.15, 0.2) is 16.8 Å². The fourth-order valence-electron chi connectivity index (χ4n) is 1.43. The Balaban J connectivity index is 1.76. The number of rotatable bonds is 3. The Morgan fingerprint density at radius 2 is 2.67 bits per heavy atom. The molecule has 1 aromatic heterocycles. The molecule has 0 unspecified atom stereocenters. The van der Waals surface area contributed by atoms with Crippen molar-refractivity contribution in [3.63, 3.8) is 0 Å². The molecule has 0 radical (unpaired) electrons. The molecule has 0 aromatic carbocycles. The van der Waals surface area contributed by atoms with Gasteiger partial charge in [-0.05, 0) is 22.4 Å². The topological polar surface area (TPSA) is 50.4 Å². The van der Waals surface area contributed by atoms with Crippen LogP contribution in [0.2, 0.25) is 0 Å². The molecule has 1 aliphatic heterocycles. The number of ether oxygens (including phenoxy) is 1. The van der Waals surface area contributed by atoms with Gasteiger partial charge in [0.15, 0.2) is 0 Å². The lowest BCUT2D eigenvalue weighted by atomic mass is 10.2. The highest BCUT2D eigenvalue weighted by atomic mass is 32.1. The van der Waals surface area contributed by atoms with Crippen molar-refractivity contribution in [2.45, 2.75) is 12.6 Å². The molecule has 2 rings (SSSR count). The lowest BCUT2D eigenvalue weighted by Gasteiger charge is -2.22. The first-order valence-corrected chi connectivity index (χ1v) is 5.91. The molecular formula is C10H14N2O2S. The molecule has 1 aromatic rings. The van der Waals surface area contributed by atoms with Crippen LogP contribution in [0.5, 0.6) is 0 Å². The third kappa shape index (κ3) is 3.02. The zero-order valence-electron chi connectivity index (χ0n) is 8.36. The van der Waals surface area contributed by atoms with Gasteiger partial charge in [0.25, 0.3) is 5.91 Å². The number of nitrogens with one attached hydrogen (secondary N) is 2. The second kappa shape index (κ2) is 5.25. The maximum absolute atomic E-state index is 11.6. The van der Waals surface area contributed by atoms with Gasteiger partial charge < -0.3 is 15.4 Å². The van der Waals surface area contributed by atoms with E-state index in [-0.39, 0.29) is 12.0 Å². The van der Waals surface area contributed by atoms with Crippen LogP contribution in [0.1, 0.15) is 5.56 Å². The van der Waals surface area contributed by atoms with Crippen LogP contribution in [0.3, 0.4) is 0 Å². The first kappa shape index (κ1) is 10.6. The fourth-order valence-corrected chi connectivity index (χ4v) is 2.10. The third-order valence-electron chi connectivity index (χ3n) is 2.27. The summed E-state index contributed by atoms with van der Waals surface area (Å²) in [5, 5.41) is 10.0. The van der Waals surface area contributed by atoms with E-state index in [0.29, 0.717) is 19.7 Å². The Bertz CT molecular complexity index is 307. The van der Waals surface area contributed by atoms with E-state index in [1.54, 1.807) is 11.3 Å². The largest absolute Gasteiger partial charge is 0.366 e. The first-order valence-electron chi connectivity index (χ1n) is 4.97. The van der Waals surface area contributed by atoms with E-state index in [0.717, 1.165) is 12.1 Å². The van der Waals surface area contributed by atoms with E-state index in [1.165, 1.54) is 0 Å². The minimum absolute atomic E-state index is 0.0339. The van der Waals surface area contributed by atoms with Gasteiger partial charge in [-0.1, -0.05) is 0 Å². The quantitative estimate of drug-likeness (QED) is 0.782. The number of hydrogen-bond donors (Lipinski definition) is 2. The highest BCUT2D eigenvalue weighted by molar-refractivity contribution is 7.07. The third-order valence-corrected chi connectivity index (χ3v) is 3.00. The van der Waals surface area contributed by atoms with Crippen molar-refractivity contribution >= 4 is 17.2 Å². The van der Waals surface area contributed by atoms with Gasteiger partial charge in [0.1, 0.15) is 6.10 Å². The summed E-state index contributed by atoms with van der Waals surface area (Å²) in [5.74, 6) is -0.0339. The molecule has 82 valence electrons. The van der Waals surface area contributed by atoms with Gasteiger partial charge >= 0.3 is 0 Å². The monoisotopic (exact) mass is 226 g/mol. The molecule has 0 spiro atoms. The maximum atomic E-state index is 11.6. The van der Waals surface area contributed by atoms with Gasteiger partial charge in [-0.15, -0.1) is 0 Å². The van der Waals surface area contributed by atoms with Crippen LogP contribution in [-0.2, 0) is 16.1 Å². The average molecular weight is 226 g/mol. The molecule has 5 heteroatoms. The van der Waals surface area contributed by atoms with Crippen LogP contribution in [0.4, 0.5) is 0 Å². The molecule has 2 heterocycles. The van der Waals surface area contributed by atoms with Gasteiger partial charge in [-0.25, -0.2) is 0 Å². The number of carbonyl (C=O) groups is 1. The molecule has 2 N–H and O–H groups in total. The summed E-state index contributed by atoms with van der Waals surface area (Å²) in [6, 6.07) is 2.00. The normalized spacial score (nSPS) is 21.2. The Kier molecular flexibility index (Phi) is 3.71. The SMILES string of the molecule is O=C(NCc1ccsc1)[C@@H]1CNCCO1. The first-order chi connectivity index (χ1) is 7.36. The summed E-state index contributed by atoms with van der Waals surface area (Å²) in [4.78, 5) is 11.6. The lowest BCUT2D eigenvalue weighted by molar-refractivity contribution is -0.134. The standard InChI is InChI=1S/C10H14N2O2S/c13-10(9-6-11-2-3-14-9)12-5-8-1-4-15-7-8/h1,4,7,9,11H,2-3,5-6H2,(H,12,13)/t9-/m0/s1. The fraction of sp³-hybridized carbons (Fsp3) is 0.500. The summed E-state index contributed by atoms with van der Waals surface area (Å²) in [6.07, 6.45) is -0.336. The maximum Gasteiger partial charge on any atom is 0.250 e.